The number of rotatable bonds is 2. The normalized spacial score (nSPS) is 17.3. The lowest BCUT2D eigenvalue weighted by molar-refractivity contribution is -0.127. The van der Waals surface area contributed by atoms with Crippen molar-refractivity contribution in [2.45, 2.75) is 18.9 Å². The first-order valence-corrected chi connectivity index (χ1v) is 6.06. The summed E-state index contributed by atoms with van der Waals surface area (Å²) < 4.78 is 12.7. The van der Waals surface area contributed by atoms with Gasteiger partial charge in [-0.15, -0.1) is 0 Å². The smallest absolute Gasteiger partial charge is 0.246 e. The summed E-state index contributed by atoms with van der Waals surface area (Å²) in [5, 5.41) is 9.35. The quantitative estimate of drug-likeness (QED) is 0.812. The molecule has 1 aliphatic rings. The lowest BCUT2D eigenvalue weighted by Crippen LogP contribution is -2.39. The molecule has 1 aromatic rings. The van der Waals surface area contributed by atoms with Crippen LogP contribution >= 0.6 is 0 Å². The first-order valence-electron chi connectivity index (χ1n) is 6.06. The second-order valence-corrected chi connectivity index (χ2v) is 4.44. The summed E-state index contributed by atoms with van der Waals surface area (Å²) in [4.78, 5) is 13.5. The van der Waals surface area contributed by atoms with E-state index in [2.05, 4.69) is 0 Å². The summed E-state index contributed by atoms with van der Waals surface area (Å²) in [5.41, 5.74) is 0.793. The van der Waals surface area contributed by atoms with Crippen molar-refractivity contribution in [2.75, 3.05) is 13.1 Å². The Morgan fingerprint density at radius 2 is 1.89 bits per heavy atom. The molecule has 2 rings (SSSR count). The van der Waals surface area contributed by atoms with Gasteiger partial charge in [-0.3, -0.25) is 4.79 Å². The number of hydrogen-bond acceptors (Lipinski definition) is 2. The van der Waals surface area contributed by atoms with Gasteiger partial charge in [0.05, 0.1) is 6.10 Å². The van der Waals surface area contributed by atoms with E-state index >= 15 is 0 Å². The summed E-state index contributed by atoms with van der Waals surface area (Å²) in [6, 6.07) is 5.97. The van der Waals surface area contributed by atoms with Crippen molar-refractivity contribution in [3.8, 4) is 0 Å². The van der Waals surface area contributed by atoms with Crippen molar-refractivity contribution >= 4 is 12.0 Å². The van der Waals surface area contributed by atoms with E-state index in [1.165, 1.54) is 18.2 Å². The van der Waals surface area contributed by atoms with Crippen LogP contribution < -0.4 is 0 Å². The molecule has 1 fully saturated rings. The Bertz CT molecular complexity index is 434. The fourth-order valence-corrected chi connectivity index (χ4v) is 1.93. The SMILES string of the molecule is O=C(C=Cc1ccc(F)cc1)N1CCC(O)CC1. The van der Waals surface area contributed by atoms with Crippen LogP contribution in [0, 0.1) is 5.82 Å². The zero-order chi connectivity index (χ0) is 13.0. The molecule has 0 saturated carbocycles. The third-order valence-corrected chi connectivity index (χ3v) is 3.06. The first kappa shape index (κ1) is 12.8. The molecule has 96 valence electrons. The number of aliphatic hydroxyl groups is 1. The fraction of sp³-hybridized carbons (Fsp3) is 0.357. The number of carbonyl (C=O) groups is 1. The Kier molecular flexibility index (Phi) is 4.10. The van der Waals surface area contributed by atoms with E-state index in [-0.39, 0.29) is 17.8 Å². The van der Waals surface area contributed by atoms with Gasteiger partial charge < -0.3 is 10.0 Å². The predicted octanol–water partition coefficient (Wildman–Crippen LogP) is 1.82. The van der Waals surface area contributed by atoms with Gasteiger partial charge in [0.15, 0.2) is 0 Å². The molecule has 0 bridgehead atoms. The lowest BCUT2D eigenvalue weighted by atomic mass is 10.1. The Morgan fingerprint density at radius 3 is 2.50 bits per heavy atom. The number of amides is 1. The van der Waals surface area contributed by atoms with Crippen molar-refractivity contribution in [3.05, 3.63) is 41.7 Å². The van der Waals surface area contributed by atoms with Crippen molar-refractivity contribution in [2.24, 2.45) is 0 Å². The van der Waals surface area contributed by atoms with Crippen molar-refractivity contribution in [1.29, 1.82) is 0 Å². The second-order valence-electron chi connectivity index (χ2n) is 4.44. The van der Waals surface area contributed by atoms with Gasteiger partial charge in [-0.2, -0.15) is 0 Å². The molecule has 1 aliphatic heterocycles. The van der Waals surface area contributed by atoms with Gasteiger partial charge in [0, 0.05) is 19.2 Å². The maximum Gasteiger partial charge on any atom is 0.246 e. The summed E-state index contributed by atoms with van der Waals surface area (Å²) in [7, 11) is 0. The van der Waals surface area contributed by atoms with Crippen molar-refractivity contribution < 1.29 is 14.3 Å². The molecular weight excluding hydrogens is 233 g/mol. The van der Waals surface area contributed by atoms with E-state index in [0.717, 1.165) is 5.56 Å². The lowest BCUT2D eigenvalue weighted by Gasteiger charge is -2.28. The van der Waals surface area contributed by atoms with E-state index in [9.17, 15) is 14.3 Å². The third kappa shape index (κ3) is 3.40. The van der Waals surface area contributed by atoms with Crippen LogP contribution in [0.25, 0.3) is 6.08 Å². The zero-order valence-corrected chi connectivity index (χ0v) is 10.1. The number of nitrogens with zero attached hydrogens (tertiary/aromatic N) is 1. The largest absolute Gasteiger partial charge is 0.393 e. The average Bonchev–Trinajstić information content (AvgIpc) is 2.38. The van der Waals surface area contributed by atoms with Gasteiger partial charge in [-0.1, -0.05) is 12.1 Å². The third-order valence-electron chi connectivity index (χ3n) is 3.06. The summed E-state index contributed by atoms with van der Waals surface area (Å²) in [5.74, 6) is -0.352. The molecule has 0 atom stereocenters. The van der Waals surface area contributed by atoms with Gasteiger partial charge in [-0.25, -0.2) is 4.39 Å². The molecule has 1 N–H and O–H groups in total. The van der Waals surface area contributed by atoms with Crippen LogP contribution in [0.15, 0.2) is 30.3 Å². The topological polar surface area (TPSA) is 40.5 Å². The number of aliphatic hydroxyl groups excluding tert-OH is 1. The van der Waals surface area contributed by atoms with Crippen LogP contribution in [0.3, 0.4) is 0 Å². The molecule has 0 spiro atoms. The number of carbonyl (C=O) groups excluding carboxylic acids is 1. The number of benzene rings is 1. The van der Waals surface area contributed by atoms with Crippen LogP contribution in [0.4, 0.5) is 4.39 Å². The van der Waals surface area contributed by atoms with Gasteiger partial charge in [0.25, 0.3) is 0 Å². The fourth-order valence-electron chi connectivity index (χ4n) is 1.93. The Hall–Kier alpha value is -1.68. The molecule has 0 aromatic heterocycles. The van der Waals surface area contributed by atoms with Crippen LogP contribution in [0.5, 0.6) is 0 Å². The van der Waals surface area contributed by atoms with Gasteiger partial charge in [-0.05, 0) is 36.6 Å². The van der Waals surface area contributed by atoms with Crippen molar-refractivity contribution in [1.82, 2.24) is 4.90 Å². The highest BCUT2D eigenvalue weighted by Gasteiger charge is 2.19. The maximum atomic E-state index is 12.7. The van der Waals surface area contributed by atoms with Crippen LogP contribution in [0.2, 0.25) is 0 Å². The van der Waals surface area contributed by atoms with Crippen LogP contribution in [-0.2, 0) is 4.79 Å². The summed E-state index contributed by atoms with van der Waals surface area (Å²) in [6.45, 7) is 1.18. The number of piperidine rings is 1. The van der Waals surface area contributed by atoms with Gasteiger partial charge in [0.2, 0.25) is 5.91 Å². The second kappa shape index (κ2) is 5.78. The van der Waals surface area contributed by atoms with Crippen LogP contribution in [-0.4, -0.2) is 35.1 Å². The van der Waals surface area contributed by atoms with E-state index < -0.39 is 0 Å². The van der Waals surface area contributed by atoms with Crippen molar-refractivity contribution in [3.63, 3.8) is 0 Å². The molecule has 18 heavy (non-hydrogen) atoms. The highest BCUT2D eigenvalue weighted by molar-refractivity contribution is 5.91. The molecule has 3 nitrogen and oxygen atoms in total. The first-order chi connectivity index (χ1) is 8.65. The molecular formula is C14H16FNO2. The molecule has 1 aromatic carbocycles. The van der Waals surface area contributed by atoms with E-state index in [1.54, 1.807) is 23.1 Å². The number of halogens is 1. The Labute approximate surface area is 106 Å². The highest BCUT2D eigenvalue weighted by atomic mass is 19.1. The van der Waals surface area contributed by atoms with E-state index in [4.69, 9.17) is 0 Å². The molecule has 1 saturated heterocycles. The van der Waals surface area contributed by atoms with E-state index in [0.29, 0.717) is 25.9 Å². The average molecular weight is 249 g/mol. The molecule has 0 aliphatic carbocycles. The summed E-state index contributed by atoms with van der Waals surface area (Å²) in [6.07, 6.45) is 4.15. The minimum Gasteiger partial charge on any atom is -0.393 e. The zero-order valence-electron chi connectivity index (χ0n) is 10.1. The predicted molar refractivity (Wildman–Crippen MR) is 67.3 cm³/mol. The number of likely N-dealkylation sites (tertiary alicyclic amines) is 1. The molecule has 4 heteroatoms. The Balaban J connectivity index is 1.92. The van der Waals surface area contributed by atoms with E-state index in [1.807, 2.05) is 0 Å². The minimum absolute atomic E-state index is 0.0637. The highest BCUT2D eigenvalue weighted by Crippen LogP contribution is 2.11. The van der Waals surface area contributed by atoms with Crippen LogP contribution in [0.1, 0.15) is 18.4 Å². The summed E-state index contributed by atoms with van der Waals surface area (Å²) >= 11 is 0. The van der Waals surface area contributed by atoms with Gasteiger partial charge >= 0.3 is 0 Å². The standard InChI is InChI=1S/C14H16FNO2/c15-12-4-1-11(2-5-12)3-6-14(18)16-9-7-13(17)8-10-16/h1-6,13,17H,7-10H2. The molecule has 0 unspecified atom stereocenters. The maximum absolute atomic E-state index is 12.7. The van der Waals surface area contributed by atoms with Gasteiger partial charge in [0.1, 0.15) is 5.82 Å². The minimum atomic E-state index is -0.288. The molecule has 1 heterocycles. The number of hydrogen-bond donors (Lipinski definition) is 1. The Morgan fingerprint density at radius 1 is 1.28 bits per heavy atom. The monoisotopic (exact) mass is 249 g/mol. The molecule has 0 radical (unpaired) electrons. The molecule has 1 amide bonds.